The van der Waals surface area contributed by atoms with Crippen LogP contribution in [0.15, 0.2) is 48.7 Å². The molecule has 0 saturated carbocycles. The molecule has 0 bridgehead atoms. The average Bonchev–Trinajstić information content (AvgIpc) is 3.06. The Morgan fingerprint density at radius 2 is 1.89 bits per heavy atom. The van der Waals surface area contributed by atoms with E-state index in [1.54, 1.807) is 6.20 Å². The first-order valence-electron chi connectivity index (χ1n) is 10.00. The van der Waals surface area contributed by atoms with Crippen LogP contribution in [0.1, 0.15) is 59.7 Å². The predicted octanol–water partition coefficient (Wildman–Crippen LogP) is 4.41. The van der Waals surface area contributed by atoms with Gasteiger partial charge in [-0.25, -0.2) is 4.68 Å². The number of pyridine rings is 1. The number of carbonyl (C=O) groups is 1. The molecule has 0 radical (unpaired) electrons. The van der Waals surface area contributed by atoms with Crippen molar-refractivity contribution in [3.63, 3.8) is 0 Å². The van der Waals surface area contributed by atoms with Crippen LogP contribution in [0.4, 0.5) is 0 Å². The highest BCUT2D eigenvalue weighted by molar-refractivity contribution is 5.96. The van der Waals surface area contributed by atoms with Crippen LogP contribution in [-0.2, 0) is 19.4 Å². The summed E-state index contributed by atoms with van der Waals surface area (Å²) >= 11 is 0. The second kappa shape index (κ2) is 9.31. The van der Waals surface area contributed by atoms with Gasteiger partial charge < -0.3 is 5.32 Å². The fourth-order valence-corrected chi connectivity index (χ4v) is 3.38. The number of aryl methyl sites for hydroxylation is 2. The second-order valence-corrected chi connectivity index (χ2v) is 7.02. The summed E-state index contributed by atoms with van der Waals surface area (Å²) in [4.78, 5) is 17.4. The van der Waals surface area contributed by atoms with Crippen molar-refractivity contribution >= 4 is 5.91 Å². The molecule has 0 aliphatic carbocycles. The van der Waals surface area contributed by atoms with Gasteiger partial charge in [-0.3, -0.25) is 9.78 Å². The Kier molecular flexibility index (Phi) is 6.58. The van der Waals surface area contributed by atoms with Crippen LogP contribution in [0.3, 0.4) is 0 Å². The smallest absolute Gasteiger partial charge is 0.255 e. The molecule has 0 aliphatic rings. The summed E-state index contributed by atoms with van der Waals surface area (Å²) in [5.74, 6) is -0.0727. The summed E-state index contributed by atoms with van der Waals surface area (Å²) in [6, 6.07) is 14.0. The second-order valence-electron chi connectivity index (χ2n) is 7.02. The third-order valence-corrected chi connectivity index (χ3v) is 4.66. The molecule has 5 heteroatoms. The minimum Gasteiger partial charge on any atom is -0.346 e. The molecule has 146 valence electrons. The van der Waals surface area contributed by atoms with Gasteiger partial charge in [0.15, 0.2) is 0 Å². The number of nitrogens with one attached hydrogen (secondary N) is 1. The van der Waals surface area contributed by atoms with Gasteiger partial charge in [0.2, 0.25) is 0 Å². The Bertz CT molecular complexity index is 931. The number of nitrogens with zero attached hydrogens (tertiary/aromatic N) is 3. The maximum atomic E-state index is 13.1. The number of hydrogen-bond donors (Lipinski definition) is 1. The summed E-state index contributed by atoms with van der Waals surface area (Å²) in [6.07, 6.45) is 5.21. The Morgan fingerprint density at radius 1 is 1.07 bits per heavy atom. The summed E-state index contributed by atoms with van der Waals surface area (Å²) < 4.78 is 1.96. The van der Waals surface area contributed by atoms with Crippen LogP contribution in [0, 0.1) is 6.92 Å². The first kappa shape index (κ1) is 19.8. The van der Waals surface area contributed by atoms with E-state index in [2.05, 4.69) is 43.2 Å². The van der Waals surface area contributed by atoms with Gasteiger partial charge >= 0.3 is 0 Å². The SMILES string of the molecule is CCCc1nn(-c2cccc(C)c2)c(CCC)c1C(=O)NCc1ccccn1. The van der Waals surface area contributed by atoms with Crippen LogP contribution in [0.5, 0.6) is 0 Å². The monoisotopic (exact) mass is 376 g/mol. The third-order valence-electron chi connectivity index (χ3n) is 4.66. The maximum Gasteiger partial charge on any atom is 0.255 e. The molecule has 1 N–H and O–H groups in total. The molecule has 3 rings (SSSR count). The standard InChI is InChI=1S/C23H28N4O/c1-4-9-20-22(23(28)25-16-18-12-6-7-14-24-18)21(10-5-2)27(26-20)19-13-8-11-17(3)15-19/h6-8,11-15H,4-5,9-10,16H2,1-3H3,(H,25,28). The number of amides is 1. The molecule has 0 saturated heterocycles. The van der Waals surface area contributed by atoms with Crippen molar-refractivity contribution in [3.05, 3.63) is 76.9 Å². The normalized spacial score (nSPS) is 10.8. The Labute approximate surface area is 166 Å². The van der Waals surface area contributed by atoms with Gasteiger partial charge in [-0.05, 0) is 49.6 Å². The first-order valence-corrected chi connectivity index (χ1v) is 10.00. The van der Waals surface area contributed by atoms with Gasteiger partial charge in [-0.1, -0.05) is 44.9 Å². The molecule has 0 atom stereocenters. The van der Waals surface area contributed by atoms with Crippen LogP contribution < -0.4 is 5.32 Å². The van der Waals surface area contributed by atoms with Crippen molar-refractivity contribution in [3.8, 4) is 5.69 Å². The van der Waals surface area contributed by atoms with Crippen molar-refractivity contribution in [2.75, 3.05) is 0 Å². The van der Waals surface area contributed by atoms with Crippen molar-refractivity contribution in [1.82, 2.24) is 20.1 Å². The van der Waals surface area contributed by atoms with E-state index in [4.69, 9.17) is 5.10 Å². The van der Waals surface area contributed by atoms with Crippen molar-refractivity contribution in [1.29, 1.82) is 0 Å². The first-order chi connectivity index (χ1) is 13.6. The van der Waals surface area contributed by atoms with E-state index in [-0.39, 0.29) is 5.91 Å². The summed E-state index contributed by atoms with van der Waals surface area (Å²) in [6.45, 7) is 6.72. The number of aromatic nitrogens is 3. The zero-order chi connectivity index (χ0) is 19.9. The van der Waals surface area contributed by atoms with Gasteiger partial charge in [0, 0.05) is 6.20 Å². The highest BCUT2D eigenvalue weighted by Gasteiger charge is 2.23. The number of benzene rings is 1. The average molecular weight is 377 g/mol. The molecule has 1 aromatic carbocycles. The molecule has 2 heterocycles. The van der Waals surface area contributed by atoms with Crippen molar-refractivity contribution in [2.24, 2.45) is 0 Å². The summed E-state index contributed by atoms with van der Waals surface area (Å²) in [7, 11) is 0. The van der Waals surface area contributed by atoms with E-state index in [1.807, 2.05) is 35.0 Å². The summed E-state index contributed by atoms with van der Waals surface area (Å²) in [5, 5.41) is 7.88. The molecule has 0 aliphatic heterocycles. The summed E-state index contributed by atoms with van der Waals surface area (Å²) in [5.41, 5.74) is 5.59. The lowest BCUT2D eigenvalue weighted by atomic mass is 10.1. The van der Waals surface area contributed by atoms with Crippen LogP contribution >= 0.6 is 0 Å². The Hall–Kier alpha value is -2.95. The lowest BCUT2D eigenvalue weighted by Gasteiger charge is -2.10. The highest BCUT2D eigenvalue weighted by Crippen LogP contribution is 2.23. The predicted molar refractivity (Wildman–Crippen MR) is 112 cm³/mol. The molecule has 2 aromatic heterocycles. The Morgan fingerprint density at radius 3 is 2.57 bits per heavy atom. The van der Waals surface area contributed by atoms with Gasteiger partial charge in [-0.15, -0.1) is 0 Å². The fraction of sp³-hybridized carbons (Fsp3) is 0.348. The zero-order valence-electron chi connectivity index (χ0n) is 16.9. The van der Waals surface area contributed by atoms with Crippen molar-refractivity contribution in [2.45, 2.75) is 53.0 Å². The van der Waals surface area contributed by atoms with Gasteiger partial charge in [0.05, 0.1) is 34.9 Å². The van der Waals surface area contributed by atoms with Gasteiger partial charge in [-0.2, -0.15) is 5.10 Å². The van der Waals surface area contributed by atoms with E-state index >= 15 is 0 Å². The van der Waals surface area contributed by atoms with E-state index in [0.717, 1.165) is 54.0 Å². The molecule has 0 fully saturated rings. The molecule has 0 spiro atoms. The highest BCUT2D eigenvalue weighted by atomic mass is 16.1. The van der Waals surface area contributed by atoms with Gasteiger partial charge in [0.25, 0.3) is 5.91 Å². The van der Waals surface area contributed by atoms with E-state index < -0.39 is 0 Å². The molecule has 3 aromatic rings. The maximum absolute atomic E-state index is 13.1. The van der Waals surface area contributed by atoms with Crippen LogP contribution in [0.2, 0.25) is 0 Å². The number of hydrogen-bond acceptors (Lipinski definition) is 3. The molecular weight excluding hydrogens is 348 g/mol. The zero-order valence-corrected chi connectivity index (χ0v) is 16.9. The van der Waals surface area contributed by atoms with E-state index in [9.17, 15) is 4.79 Å². The quantitative estimate of drug-likeness (QED) is 0.633. The van der Waals surface area contributed by atoms with E-state index in [0.29, 0.717) is 6.54 Å². The third kappa shape index (κ3) is 4.47. The lowest BCUT2D eigenvalue weighted by molar-refractivity contribution is 0.0948. The minimum absolute atomic E-state index is 0.0727. The number of carbonyl (C=O) groups excluding carboxylic acids is 1. The molecule has 0 unspecified atom stereocenters. The molecule has 5 nitrogen and oxygen atoms in total. The Balaban J connectivity index is 1.98. The lowest BCUT2D eigenvalue weighted by Crippen LogP contribution is -2.25. The molecule has 28 heavy (non-hydrogen) atoms. The largest absolute Gasteiger partial charge is 0.346 e. The van der Waals surface area contributed by atoms with Crippen molar-refractivity contribution < 1.29 is 4.79 Å². The molecule has 1 amide bonds. The number of rotatable bonds is 8. The fourth-order valence-electron chi connectivity index (χ4n) is 3.38. The van der Waals surface area contributed by atoms with Crippen LogP contribution in [-0.4, -0.2) is 20.7 Å². The van der Waals surface area contributed by atoms with Gasteiger partial charge in [0.1, 0.15) is 0 Å². The van der Waals surface area contributed by atoms with Crippen LogP contribution in [0.25, 0.3) is 5.69 Å². The van der Waals surface area contributed by atoms with E-state index in [1.165, 1.54) is 5.56 Å². The minimum atomic E-state index is -0.0727. The molecular formula is C23H28N4O. The topological polar surface area (TPSA) is 59.8 Å².